The number of nitrogens with zero attached hydrogens (tertiary/aromatic N) is 3. The highest BCUT2D eigenvalue weighted by molar-refractivity contribution is 7.99. The van der Waals surface area contributed by atoms with Crippen molar-refractivity contribution in [3.05, 3.63) is 79.1 Å². The summed E-state index contributed by atoms with van der Waals surface area (Å²) in [6.07, 6.45) is 3.89. The van der Waals surface area contributed by atoms with Gasteiger partial charge in [0.1, 0.15) is 24.0 Å². The van der Waals surface area contributed by atoms with E-state index in [1.54, 1.807) is 18.1 Å². The Hall–Kier alpha value is -3.09. The van der Waals surface area contributed by atoms with Crippen LogP contribution < -0.4 is 10.1 Å². The SMILES string of the molecule is CN1CCC(Oc2cccc3ncnc(Nc4ccc(Sc5ccccc5)cc4)c23)CC1. The largest absolute Gasteiger partial charge is 0.489 e. The van der Waals surface area contributed by atoms with Gasteiger partial charge in [0, 0.05) is 28.6 Å². The summed E-state index contributed by atoms with van der Waals surface area (Å²) in [7, 11) is 2.16. The van der Waals surface area contributed by atoms with E-state index < -0.39 is 0 Å². The van der Waals surface area contributed by atoms with Crippen LogP contribution in [-0.2, 0) is 0 Å². The number of fused-ring (bicyclic) bond motifs is 1. The fourth-order valence-corrected chi connectivity index (χ4v) is 4.76. The molecule has 2 heterocycles. The third-order valence-corrected chi connectivity index (χ3v) is 6.70. The fraction of sp³-hybridized carbons (Fsp3) is 0.231. The van der Waals surface area contributed by atoms with Crippen LogP contribution in [0.4, 0.5) is 11.5 Å². The highest BCUT2D eigenvalue weighted by atomic mass is 32.2. The van der Waals surface area contributed by atoms with Crippen molar-refractivity contribution in [2.24, 2.45) is 0 Å². The molecule has 1 aliphatic rings. The number of hydrogen-bond donors (Lipinski definition) is 1. The Morgan fingerprint density at radius 2 is 1.62 bits per heavy atom. The zero-order valence-corrected chi connectivity index (χ0v) is 18.9. The number of piperidine rings is 1. The summed E-state index contributed by atoms with van der Waals surface area (Å²) in [5.74, 6) is 1.61. The molecule has 0 unspecified atom stereocenters. The third-order valence-electron chi connectivity index (χ3n) is 5.68. The smallest absolute Gasteiger partial charge is 0.145 e. The number of likely N-dealkylation sites (tertiary alicyclic amines) is 1. The lowest BCUT2D eigenvalue weighted by atomic mass is 10.1. The predicted octanol–water partition coefficient (Wildman–Crippen LogP) is 6.00. The fourth-order valence-electron chi connectivity index (χ4n) is 3.92. The number of anilines is 2. The summed E-state index contributed by atoms with van der Waals surface area (Å²) in [6.45, 7) is 2.12. The van der Waals surface area contributed by atoms with Gasteiger partial charge in [0.25, 0.3) is 0 Å². The van der Waals surface area contributed by atoms with Gasteiger partial charge in [-0.25, -0.2) is 9.97 Å². The van der Waals surface area contributed by atoms with Gasteiger partial charge in [-0.15, -0.1) is 0 Å². The monoisotopic (exact) mass is 442 g/mol. The van der Waals surface area contributed by atoms with Crippen LogP contribution in [0.5, 0.6) is 5.75 Å². The van der Waals surface area contributed by atoms with E-state index in [4.69, 9.17) is 4.74 Å². The van der Waals surface area contributed by atoms with Crippen molar-refractivity contribution < 1.29 is 4.74 Å². The molecule has 0 radical (unpaired) electrons. The van der Waals surface area contributed by atoms with Gasteiger partial charge in [-0.05, 0) is 68.4 Å². The molecule has 5 nitrogen and oxygen atoms in total. The van der Waals surface area contributed by atoms with Crippen molar-refractivity contribution in [1.29, 1.82) is 0 Å². The first-order valence-electron chi connectivity index (χ1n) is 10.9. The summed E-state index contributed by atoms with van der Waals surface area (Å²) in [4.78, 5) is 13.8. The number of ether oxygens (including phenoxy) is 1. The molecule has 0 bridgehead atoms. The molecule has 1 aliphatic heterocycles. The molecule has 0 aliphatic carbocycles. The van der Waals surface area contributed by atoms with E-state index in [9.17, 15) is 0 Å². The molecule has 0 saturated carbocycles. The van der Waals surface area contributed by atoms with E-state index in [0.717, 1.165) is 54.1 Å². The van der Waals surface area contributed by atoms with Crippen molar-refractivity contribution in [2.75, 3.05) is 25.5 Å². The number of benzene rings is 3. The molecule has 32 heavy (non-hydrogen) atoms. The number of aromatic nitrogens is 2. The van der Waals surface area contributed by atoms with E-state index in [2.05, 4.69) is 75.8 Å². The van der Waals surface area contributed by atoms with Crippen LogP contribution in [0.1, 0.15) is 12.8 Å². The first-order valence-corrected chi connectivity index (χ1v) is 11.8. The Kier molecular flexibility index (Phi) is 6.23. The van der Waals surface area contributed by atoms with Crippen molar-refractivity contribution in [3.63, 3.8) is 0 Å². The Morgan fingerprint density at radius 1 is 0.875 bits per heavy atom. The molecular formula is C26H26N4OS. The van der Waals surface area contributed by atoms with Crippen LogP contribution in [0.15, 0.2) is 88.9 Å². The Bertz CT molecular complexity index is 1170. The molecule has 1 aromatic heterocycles. The maximum Gasteiger partial charge on any atom is 0.145 e. The van der Waals surface area contributed by atoms with Crippen molar-refractivity contribution in [1.82, 2.24) is 14.9 Å². The molecule has 1 fully saturated rings. The van der Waals surface area contributed by atoms with Gasteiger partial charge in [0.15, 0.2) is 0 Å². The Labute approximate surface area is 192 Å². The second kappa shape index (κ2) is 9.59. The van der Waals surface area contributed by atoms with Crippen LogP contribution in [0.25, 0.3) is 10.9 Å². The minimum absolute atomic E-state index is 0.221. The van der Waals surface area contributed by atoms with Crippen molar-refractivity contribution >= 4 is 34.2 Å². The average molecular weight is 443 g/mol. The van der Waals surface area contributed by atoms with Crippen LogP contribution in [-0.4, -0.2) is 41.1 Å². The molecule has 1 N–H and O–H groups in total. The lowest BCUT2D eigenvalue weighted by molar-refractivity contribution is 0.116. The van der Waals surface area contributed by atoms with Gasteiger partial charge in [-0.3, -0.25) is 0 Å². The van der Waals surface area contributed by atoms with E-state index in [0.29, 0.717) is 0 Å². The van der Waals surface area contributed by atoms with Crippen molar-refractivity contribution in [3.8, 4) is 5.75 Å². The molecule has 162 valence electrons. The van der Waals surface area contributed by atoms with E-state index in [-0.39, 0.29) is 6.10 Å². The molecule has 5 rings (SSSR count). The van der Waals surface area contributed by atoms with Gasteiger partial charge < -0.3 is 15.0 Å². The first kappa shape index (κ1) is 20.8. The second-order valence-electron chi connectivity index (χ2n) is 8.06. The number of nitrogens with one attached hydrogen (secondary N) is 1. The number of rotatable bonds is 6. The minimum Gasteiger partial charge on any atom is -0.489 e. The molecule has 4 aromatic rings. The predicted molar refractivity (Wildman–Crippen MR) is 131 cm³/mol. The maximum absolute atomic E-state index is 6.43. The first-order chi connectivity index (χ1) is 15.7. The van der Waals surface area contributed by atoms with Crippen LogP contribution >= 0.6 is 11.8 Å². The molecule has 1 saturated heterocycles. The normalized spacial score (nSPS) is 15.0. The van der Waals surface area contributed by atoms with Gasteiger partial charge in [-0.2, -0.15) is 0 Å². The van der Waals surface area contributed by atoms with Gasteiger partial charge in [0.2, 0.25) is 0 Å². The lowest BCUT2D eigenvalue weighted by Crippen LogP contribution is -2.35. The molecule has 0 atom stereocenters. The summed E-state index contributed by atoms with van der Waals surface area (Å²) in [5.41, 5.74) is 1.86. The third kappa shape index (κ3) is 4.87. The maximum atomic E-state index is 6.43. The highest BCUT2D eigenvalue weighted by Crippen LogP contribution is 2.34. The molecular weight excluding hydrogens is 416 g/mol. The minimum atomic E-state index is 0.221. The van der Waals surface area contributed by atoms with Crippen LogP contribution in [0, 0.1) is 0 Å². The molecule has 6 heteroatoms. The van der Waals surface area contributed by atoms with E-state index >= 15 is 0 Å². The van der Waals surface area contributed by atoms with E-state index in [1.807, 2.05) is 24.3 Å². The summed E-state index contributed by atoms with van der Waals surface area (Å²) < 4.78 is 6.43. The molecule has 0 amide bonds. The Balaban J connectivity index is 1.37. The topological polar surface area (TPSA) is 50.3 Å². The second-order valence-corrected chi connectivity index (χ2v) is 9.20. The van der Waals surface area contributed by atoms with Crippen molar-refractivity contribution in [2.45, 2.75) is 28.7 Å². The molecule has 3 aromatic carbocycles. The lowest BCUT2D eigenvalue weighted by Gasteiger charge is -2.29. The zero-order chi connectivity index (χ0) is 21.8. The van der Waals surface area contributed by atoms with Crippen LogP contribution in [0.2, 0.25) is 0 Å². The van der Waals surface area contributed by atoms with Gasteiger partial charge in [0.05, 0.1) is 10.9 Å². The Morgan fingerprint density at radius 3 is 2.41 bits per heavy atom. The van der Waals surface area contributed by atoms with E-state index in [1.165, 1.54) is 9.79 Å². The number of hydrogen-bond acceptors (Lipinski definition) is 6. The van der Waals surface area contributed by atoms with Gasteiger partial charge >= 0.3 is 0 Å². The average Bonchev–Trinajstić information content (AvgIpc) is 2.83. The van der Waals surface area contributed by atoms with Crippen LogP contribution in [0.3, 0.4) is 0 Å². The summed E-state index contributed by atoms with van der Waals surface area (Å²) >= 11 is 1.75. The van der Waals surface area contributed by atoms with Gasteiger partial charge in [-0.1, -0.05) is 36.0 Å². The summed E-state index contributed by atoms with van der Waals surface area (Å²) in [6, 6.07) is 24.8. The summed E-state index contributed by atoms with van der Waals surface area (Å²) in [5, 5.41) is 4.40. The molecule has 0 spiro atoms. The zero-order valence-electron chi connectivity index (χ0n) is 18.1. The quantitative estimate of drug-likeness (QED) is 0.395. The standard InChI is InChI=1S/C26H26N4OS/c1-30-16-14-20(15-17-30)31-24-9-5-8-23-25(24)26(28-18-27-23)29-19-10-12-22(13-11-19)32-21-6-3-2-4-7-21/h2-13,18,20H,14-17H2,1H3,(H,27,28,29). The highest BCUT2D eigenvalue weighted by Gasteiger charge is 2.20.